The van der Waals surface area contributed by atoms with Crippen molar-refractivity contribution in [1.82, 2.24) is 9.78 Å². The smallest absolute Gasteiger partial charge is 0.387 e. The molecule has 0 saturated heterocycles. The average molecular weight is 472 g/mol. The monoisotopic (exact) mass is 472 g/mol. The number of benzene rings is 3. The maximum absolute atomic E-state index is 12.8. The highest BCUT2D eigenvalue weighted by atomic mass is 19.3. The molecule has 2 aromatic heterocycles. The van der Waals surface area contributed by atoms with E-state index in [4.69, 9.17) is 4.42 Å². The lowest BCUT2D eigenvalue weighted by Crippen LogP contribution is -2.05. The lowest BCUT2D eigenvalue weighted by Gasteiger charge is -2.05. The third-order valence-corrected chi connectivity index (χ3v) is 5.14. The first-order valence-electron chi connectivity index (χ1n) is 10.6. The number of hydrogen-bond donors (Lipinski definition) is 1. The van der Waals surface area contributed by atoms with Gasteiger partial charge in [0.2, 0.25) is 0 Å². The minimum atomic E-state index is -2.89. The predicted molar refractivity (Wildman–Crippen MR) is 129 cm³/mol. The molecule has 0 spiro atoms. The number of hydrazone groups is 1. The predicted octanol–water partition coefficient (Wildman–Crippen LogP) is 5.69. The van der Waals surface area contributed by atoms with E-state index in [0.29, 0.717) is 28.1 Å². The van der Waals surface area contributed by atoms with E-state index >= 15 is 0 Å². The molecule has 2 heterocycles. The van der Waals surface area contributed by atoms with Crippen molar-refractivity contribution in [2.75, 3.05) is 5.43 Å². The van der Waals surface area contributed by atoms with Gasteiger partial charge in [-0.2, -0.15) is 19.0 Å². The van der Waals surface area contributed by atoms with Crippen LogP contribution >= 0.6 is 0 Å². The molecule has 5 rings (SSSR count). The van der Waals surface area contributed by atoms with Gasteiger partial charge >= 0.3 is 12.2 Å². The Kier molecular flexibility index (Phi) is 6.04. The minimum absolute atomic E-state index is 0.0454. The van der Waals surface area contributed by atoms with Crippen LogP contribution in [0, 0.1) is 0 Å². The van der Waals surface area contributed by atoms with Gasteiger partial charge in [0, 0.05) is 17.1 Å². The summed E-state index contributed by atoms with van der Waals surface area (Å²) >= 11 is 0. The third-order valence-electron chi connectivity index (χ3n) is 5.14. The van der Waals surface area contributed by atoms with Crippen molar-refractivity contribution in [3.8, 4) is 22.7 Å². The molecule has 0 atom stereocenters. The van der Waals surface area contributed by atoms with Crippen LogP contribution < -0.4 is 15.8 Å². The maximum Gasteiger partial charge on any atom is 0.387 e. The second-order valence-corrected chi connectivity index (χ2v) is 7.47. The Morgan fingerprint density at radius 2 is 1.74 bits per heavy atom. The molecule has 0 amide bonds. The Bertz CT molecular complexity index is 1540. The van der Waals surface area contributed by atoms with Gasteiger partial charge in [-0.25, -0.2) is 9.48 Å². The van der Waals surface area contributed by atoms with Crippen molar-refractivity contribution >= 4 is 22.9 Å². The summed E-state index contributed by atoms with van der Waals surface area (Å²) in [6, 6.07) is 24.4. The topological polar surface area (TPSA) is 81.7 Å². The van der Waals surface area contributed by atoms with E-state index < -0.39 is 12.2 Å². The summed E-state index contributed by atoms with van der Waals surface area (Å²) in [5.74, 6) is 0.0454. The lowest BCUT2D eigenvalue weighted by molar-refractivity contribution is -0.0498. The van der Waals surface area contributed by atoms with Crippen molar-refractivity contribution in [2.24, 2.45) is 5.10 Å². The Balaban J connectivity index is 1.50. The van der Waals surface area contributed by atoms with Gasteiger partial charge in [0.05, 0.1) is 23.2 Å². The first kappa shape index (κ1) is 22.0. The summed E-state index contributed by atoms with van der Waals surface area (Å²) in [7, 11) is 0. The largest absolute Gasteiger partial charge is 0.435 e. The van der Waals surface area contributed by atoms with Crippen LogP contribution in [0.3, 0.4) is 0 Å². The van der Waals surface area contributed by atoms with Crippen LogP contribution in [0.25, 0.3) is 27.9 Å². The fourth-order valence-electron chi connectivity index (χ4n) is 3.52. The first-order valence-corrected chi connectivity index (χ1v) is 10.6. The quantitative estimate of drug-likeness (QED) is 0.187. The molecule has 35 heavy (non-hydrogen) atoms. The van der Waals surface area contributed by atoms with E-state index in [-0.39, 0.29) is 5.75 Å². The Morgan fingerprint density at radius 3 is 2.51 bits per heavy atom. The lowest BCUT2D eigenvalue weighted by atomic mass is 10.1. The van der Waals surface area contributed by atoms with Gasteiger partial charge in [-0.05, 0) is 48.5 Å². The summed E-state index contributed by atoms with van der Waals surface area (Å²) in [6.45, 7) is -2.89. The number of rotatable bonds is 7. The van der Waals surface area contributed by atoms with E-state index in [2.05, 4.69) is 20.4 Å². The molecule has 0 bridgehead atoms. The number of aromatic nitrogens is 2. The molecule has 0 aliphatic carbocycles. The molecule has 0 aliphatic heterocycles. The zero-order valence-electron chi connectivity index (χ0n) is 18.1. The molecule has 0 fully saturated rings. The Morgan fingerprint density at radius 1 is 1.00 bits per heavy atom. The normalized spacial score (nSPS) is 11.4. The van der Waals surface area contributed by atoms with Crippen LogP contribution in [0.1, 0.15) is 5.56 Å². The van der Waals surface area contributed by atoms with Gasteiger partial charge in [-0.3, -0.25) is 5.43 Å². The number of alkyl halides is 2. The van der Waals surface area contributed by atoms with Crippen molar-refractivity contribution in [2.45, 2.75) is 6.61 Å². The second-order valence-electron chi connectivity index (χ2n) is 7.47. The highest BCUT2D eigenvalue weighted by Crippen LogP contribution is 2.24. The van der Waals surface area contributed by atoms with Crippen LogP contribution in [-0.4, -0.2) is 22.6 Å². The van der Waals surface area contributed by atoms with Crippen molar-refractivity contribution < 1.29 is 17.9 Å². The zero-order valence-corrected chi connectivity index (χ0v) is 18.1. The van der Waals surface area contributed by atoms with Crippen molar-refractivity contribution in [3.05, 3.63) is 107 Å². The number of ether oxygens (including phenoxy) is 1. The molecule has 3 aromatic carbocycles. The minimum Gasteiger partial charge on any atom is -0.435 e. The van der Waals surface area contributed by atoms with Gasteiger partial charge < -0.3 is 9.15 Å². The summed E-state index contributed by atoms with van der Waals surface area (Å²) in [6.07, 6.45) is 3.28. The molecule has 0 radical (unpaired) electrons. The van der Waals surface area contributed by atoms with Crippen LogP contribution in [0.4, 0.5) is 14.5 Å². The standard InChI is InChI=1S/C26H18F2N4O3/c27-26(28)34-21-12-10-19(11-13-21)30-29-15-18-16-32(20-7-2-1-3-8-20)31-24(18)22-14-17-6-4-5-9-23(17)35-25(22)33/h1-16,26,30H. The van der Waals surface area contributed by atoms with E-state index in [1.54, 1.807) is 41.2 Å². The third kappa shape index (κ3) is 4.93. The molecule has 1 N–H and O–H groups in total. The highest BCUT2D eigenvalue weighted by molar-refractivity contribution is 5.91. The van der Waals surface area contributed by atoms with Crippen LogP contribution in [0.5, 0.6) is 5.75 Å². The molecular formula is C26H18F2N4O3. The van der Waals surface area contributed by atoms with E-state index in [0.717, 1.165) is 11.1 Å². The highest BCUT2D eigenvalue weighted by Gasteiger charge is 2.16. The van der Waals surface area contributed by atoms with Gasteiger partial charge in [0.15, 0.2) is 0 Å². The van der Waals surface area contributed by atoms with E-state index in [1.807, 2.05) is 42.5 Å². The molecule has 0 saturated carbocycles. The number of halogens is 2. The van der Waals surface area contributed by atoms with Gasteiger partial charge in [0.25, 0.3) is 0 Å². The van der Waals surface area contributed by atoms with Crippen LogP contribution in [0.15, 0.2) is 105 Å². The number of hydrogen-bond acceptors (Lipinski definition) is 6. The van der Waals surface area contributed by atoms with E-state index in [1.165, 1.54) is 18.3 Å². The van der Waals surface area contributed by atoms with Gasteiger partial charge in [0.1, 0.15) is 17.0 Å². The van der Waals surface area contributed by atoms with Gasteiger partial charge in [-0.15, -0.1) is 0 Å². The molecule has 0 unspecified atom stereocenters. The first-order chi connectivity index (χ1) is 17.1. The molecule has 0 aliphatic rings. The number of anilines is 1. The number of nitrogens with zero attached hydrogens (tertiary/aromatic N) is 3. The number of nitrogens with one attached hydrogen (secondary N) is 1. The Labute approximate surface area is 197 Å². The fourth-order valence-corrected chi connectivity index (χ4v) is 3.52. The van der Waals surface area contributed by atoms with Crippen molar-refractivity contribution in [3.63, 3.8) is 0 Å². The molecule has 7 nitrogen and oxygen atoms in total. The van der Waals surface area contributed by atoms with Crippen LogP contribution in [-0.2, 0) is 0 Å². The van der Waals surface area contributed by atoms with Crippen molar-refractivity contribution in [1.29, 1.82) is 0 Å². The summed E-state index contributed by atoms with van der Waals surface area (Å²) in [5, 5.41) is 9.64. The molecule has 174 valence electrons. The fraction of sp³-hybridized carbons (Fsp3) is 0.0385. The average Bonchev–Trinajstić information content (AvgIpc) is 3.29. The SMILES string of the molecule is O=c1oc2ccccc2cc1-c1nn(-c2ccccc2)cc1C=NNc1ccc(OC(F)F)cc1. The number of para-hydroxylation sites is 2. The second kappa shape index (κ2) is 9.60. The van der Waals surface area contributed by atoms with E-state index in [9.17, 15) is 13.6 Å². The zero-order chi connectivity index (χ0) is 24.2. The number of fused-ring (bicyclic) bond motifs is 1. The Hall–Kier alpha value is -4.79. The van der Waals surface area contributed by atoms with Gasteiger partial charge in [-0.1, -0.05) is 36.4 Å². The summed E-state index contributed by atoms with van der Waals surface area (Å²) in [5.41, 5.74) is 5.44. The van der Waals surface area contributed by atoms with Crippen LogP contribution in [0.2, 0.25) is 0 Å². The molecule has 5 aromatic rings. The molecular weight excluding hydrogens is 454 g/mol. The summed E-state index contributed by atoms with van der Waals surface area (Å²) < 4.78 is 36.2. The molecule has 9 heteroatoms. The maximum atomic E-state index is 12.8. The summed E-state index contributed by atoms with van der Waals surface area (Å²) in [4.78, 5) is 12.8.